The second-order valence-electron chi connectivity index (χ2n) is 6.17. The first kappa shape index (κ1) is 29.9. The fourth-order valence-electron chi connectivity index (χ4n) is 1.95. The number of rotatable bonds is 6. The third-order valence-corrected chi connectivity index (χ3v) is 3.19. The van der Waals surface area contributed by atoms with Crippen molar-refractivity contribution in [3.8, 4) is 0 Å². The average molecular weight is 412 g/mol. The van der Waals surface area contributed by atoms with Crippen molar-refractivity contribution in [3.63, 3.8) is 0 Å². The van der Waals surface area contributed by atoms with E-state index in [0.29, 0.717) is 0 Å². The summed E-state index contributed by atoms with van der Waals surface area (Å²) < 4.78 is 27.4. The third kappa shape index (κ3) is 20.4. The number of hydrogen-bond acceptors (Lipinski definition) is 2. The summed E-state index contributed by atoms with van der Waals surface area (Å²) in [7, 11) is 0.922. The molecule has 0 saturated carbocycles. The molecule has 0 bridgehead atoms. The van der Waals surface area contributed by atoms with Gasteiger partial charge in [0.05, 0.1) is 33.4 Å². The van der Waals surface area contributed by atoms with Gasteiger partial charge in [-0.1, -0.05) is 26.7 Å². The van der Waals surface area contributed by atoms with E-state index in [1.165, 1.54) is 25.7 Å². The Kier molecular flexibility index (Phi) is 18.1. The largest absolute Gasteiger partial charge is 1.00 e. The molecule has 10 heteroatoms. The molecule has 27 heavy (non-hydrogen) atoms. The lowest BCUT2D eigenvalue weighted by Crippen LogP contribution is -3.00. The summed E-state index contributed by atoms with van der Waals surface area (Å²) in [5.74, 6) is 0. The third-order valence-electron chi connectivity index (χ3n) is 3.19. The SMILES string of the molecule is CCCC[n+]1ccn(C)c1.CCCC[n+]1ccn(C)c1.CS(N)(=O)=O.[F-].[F-]. The summed E-state index contributed by atoms with van der Waals surface area (Å²) in [5, 5.41) is 4.33. The molecule has 2 aromatic rings. The normalized spacial score (nSPS) is 9.70. The highest BCUT2D eigenvalue weighted by Crippen LogP contribution is 1.86. The topological polar surface area (TPSA) is 77.8 Å². The lowest BCUT2D eigenvalue weighted by Gasteiger charge is -1.90. The molecule has 0 unspecified atom stereocenters. The molecule has 160 valence electrons. The van der Waals surface area contributed by atoms with E-state index in [1.54, 1.807) is 0 Å². The minimum atomic E-state index is -3.17. The van der Waals surface area contributed by atoms with E-state index in [1.807, 2.05) is 14.1 Å². The zero-order valence-corrected chi connectivity index (χ0v) is 17.9. The minimum Gasteiger partial charge on any atom is -1.00 e. The van der Waals surface area contributed by atoms with E-state index in [2.05, 4.69) is 74.7 Å². The second kappa shape index (κ2) is 16.4. The van der Waals surface area contributed by atoms with Crippen molar-refractivity contribution in [2.75, 3.05) is 6.26 Å². The lowest BCUT2D eigenvalue weighted by atomic mass is 10.3. The molecule has 0 saturated heterocycles. The molecule has 2 aromatic heterocycles. The zero-order valence-electron chi connectivity index (χ0n) is 17.1. The van der Waals surface area contributed by atoms with E-state index < -0.39 is 10.0 Å². The standard InChI is InChI=1S/2C8H15N2.CH5NO2S.2FH/c2*1-3-4-5-10-7-6-9(2)8-10;1-5(2,3)4;;/h2*6-8H,3-5H2,1-2H3;1H3,(H2,2,3,4);2*1H/q2*+1;;;/p-2. The van der Waals surface area contributed by atoms with Crippen LogP contribution < -0.4 is 23.7 Å². The van der Waals surface area contributed by atoms with E-state index in [9.17, 15) is 8.42 Å². The Morgan fingerprint density at radius 1 is 0.852 bits per heavy atom. The summed E-state index contributed by atoms with van der Waals surface area (Å²) >= 11 is 0. The van der Waals surface area contributed by atoms with Gasteiger partial charge in [-0.2, -0.15) is 0 Å². The number of imidazole rings is 2. The Bertz CT molecular complexity index is 635. The number of primary sulfonamides is 1. The van der Waals surface area contributed by atoms with Crippen molar-refractivity contribution in [1.82, 2.24) is 9.13 Å². The van der Waals surface area contributed by atoms with Crippen molar-refractivity contribution in [2.24, 2.45) is 19.2 Å². The van der Waals surface area contributed by atoms with E-state index in [4.69, 9.17) is 0 Å². The monoisotopic (exact) mass is 411 g/mol. The molecule has 0 aromatic carbocycles. The molecule has 0 aliphatic heterocycles. The quantitative estimate of drug-likeness (QED) is 0.484. The first-order chi connectivity index (χ1) is 11.7. The Balaban J connectivity index is -0.000000326. The van der Waals surface area contributed by atoms with E-state index >= 15 is 0 Å². The van der Waals surface area contributed by atoms with E-state index in [-0.39, 0.29) is 9.41 Å². The summed E-state index contributed by atoms with van der Waals surface area (Å²) in [6.07, 6.45) is 18.6. The van der Waals surface area contributed by atoms with Crippen molar-refractivity contribution < 1.29 is 27.0 Å². The van der Waals surface area contributed by atoms with Crippen LogP contribution in [-0.2, 0) is 37.2 Å². The Hall–Kier alpha value is -1.81. The van der Waals surface area contributed by atoms with Crippen LogP contribution in [0.3, 0.4) is 0 Å². The van der Waals surface area contributed by atoms with Gasteiger partial charge < -0.3 is 9.41 Å². The molecule has 0 amide bonds. The number of unbranched alkanes of at least 4 members (excludes halogenated alkanes) is 2. The van der Waals surface area contributed by atoms with Gasteiger partial charge >= 0.3 is 0 Å². The molecule has 0 aliphatic rings. The van der Waals surface area contributed by atoms with Crippen molar-refractivity contribution >= 4 is 10.0 Å². The molecule has 7 nitrogen and oxygen atoms in total. The number of nitrogens with zero attached hydrogens (tertiary/aromatic N) is 4. The maximum atomic E-state index is 9.41. The van der Waals surface area contributed by atoms with Gasteiger partial charge in [0.2, 0.25) is 22.7 Å². The molecule has 0 atom stereocenters. The lowest BCUT2D eigenvalue weighted by molar-refractivity contribution is -0.696. The molecule has 2 N–H and O–H groups in total. The smallest absolute Gasteiger partial charge is 0.243 e. The van der Waals surface area contributed by atoms with Gasteiger partial charge in [0.15, 0.2) is 0 Å². The molecule has 2 rings (SSSR count). The van der Waals surface area contributed by atoms with Gasteiger partial charge in [-0.15, -0.1) is 0 Å². The molecule has 2 heterocycles. The van der Waals surface area contributed by atoms with Gasteiger partial charge in [-0.3, -0.25) is 0 Å². The van der Waals surface area contributed by atoms with Crippen LogP contribution in [0.5, 0.6) is 0 Å². The predicted octanol–water partition coefficient (Wildman–Crippen LogP) is -4.86. The van der Waals surface area contributed by atoms with Gasteiger partial charge in [-0.05, 0) is 12.8 Å². The van der Waals surface area contributed by atoms with Crippen LogP contribution in [0.1, 0.15) is 39.5 Å². The fraction of sp³-hybridized carbons (Fsp3) is 0.647. The summed E-state index contributed by atoms with van der Waals surface area (Å²) in [5.41, 5.74) is 0. The summed E-state index contributed by atoms with van der Waals surface area (Å²) in [4.78, 5) is 0. The van der Waals surface area contributed by atoms with Crippen molar-refractivity contribution in [2.45, 2.75) is 52.6 Å². The maximum Gasteiger partial charge on any atom is 0.243 e. The molecule has 0 spiro atoms. The molecule has 0 aliphatic carbocycles. The van der Waals surface area contributed by atoms with Crippen LogP contribution in [0.25, 0.3) is 0 Å². The number of sulfonamides is 1. The average Bonchev–Trinajstić information content (AvgIpc) is 3.10. The van der Waals surface area contributed by atoms with Gasteiger partial charge in [0.1, 0.15) is 24.8 Å². The zero-order chi connectivity index (χ0) is 19.3. The maximum absolute atomic E-state index is 9.41. The van der Waals surface area contributed by atoms with Crippen molar-refractivity contribution in [1.29, 1.82) is 0 Å². The Morgan fingerprint density at radius 3 is 1.33 bits per heavy atom. The van der Waals surface area contributed by atoms with Crippen LogP contribution >= 0.6 is 0 Å². The fourth-order valence-corrected chi connectivity index (χ4v) is 1.95. The first-order valence-electron chi connectivity index (χ1n) is 8.65. The highest BCUT2D eigenvalue weighted by atomic mass is 32.2. The van der Waals surface area contributed by atoms with Crippen LogP contribution in [0.4, 0.5) is 0 Å². The second-order valence-corrected chi connectivity index (χ2v) is 7.83. The van der Waals surface area contributed by atoms with Crippen LogP contribution in [0.2, 0.25) is 0 Å². The highest BCUT2D eigenvalue weighted by Gasteiger charge is 1.97. The molecule has 0 fully saturated rings. The Labute approximate surface area is 162 Å². The molecule has 0 radical (unpaired) electrons. The van der Waals surface area contributed by atoms with Gasteiger partial charge in [0, 0.05) is 0 Å². The number of aromatic nitrogens is 4. The van der Waals surface area contributed by atoms with Crippen molar-refractivity contribution in [3.05, 3.63) is 37.4 Å². The van der Waals surface area contributed by atoms with Crippen LogP contribution in [-0.4, -0.2) is 23.8 Å². The van der Waals surface area contributed by atoms with Gasteiger partial charge in [-0.25, -0.2) is 31.8 Å². The number of nitrogens with two attached hydrogens (primary N) is 1. The van der Waals surface area contributed by atoms with Crippen LogP contribution in [0, 0.1) is 0 Å². The van der Waals surface area contributed by atoms with E-state index in [0.717, 1.165) is 19.3 Å². The first-order valence-corrected chi connectivity index (χ1v) is 10.6. The summed E-state index contributed by atoms with van der Waals surface area (Å²) in [6.45, 7) is 6.72. The molecular formula is C17H35F2N5O2S. The minimum absolute atomic E-state index is 0. The Morgan fingerprint density at radius 2 is 1.15 bits per heavy atom. The molecular weight excluding hydrogens is 376 g/mol. The number of aryl methyl sites for hydroxylation is 4. The summed E-state index contributed by atoms with van der Waals surface area (Å²) in [6, 6.07) is 0. The predicted molar refractivity (Wildman–Crippen MR) is 100 cm³/mol. The highest BCUT2D eigenvalue weighted by molar-refractivity contribution is 7.88. The number of halogens is 2. The van der Waals surface area contributed by atoms with Crippen LogP contribution in [0.15, 0.2) is 37.4 Å². The number of hydrogen-bond donors (Lipinski definition) is 1. The van der Waals surface area contributed by atoms with Gasteiger partial charge in [0.25, 0.3) is 0 Å².